The zero-order valence-corrected chi connectivity index (χ0v) is 13.0. The molecular formula is C13H12N4O2S2. The van der Waals surface area contributed by atoms with E-state index < -0.39 is 0 Å². The number of hydrogen-bond acceptors (Lipinski definition) is 7. The van der Waals surface area contributed by atoms with Gasteiger partial charge >= 0.3 is 0 Å². The predicted octanol–water partition coefficient (Wildman–Crippen LogP) is 3.11. The lowest BCUT2D eigenvalue weighted by atomic mass is 10.4. The van der Waals surface area contributed by atoms with E-state index in [1.165, 1.54) is 18.1 Å². The van der Waals surface area contributed by atoms with Crippen molar-refractivity contribution in [2.24, 2.45) is 0 Å². The number of hydrogen-bond donors (Lipinski definition) is 1. The van der Waals surface area contributed by atoms with Gasteiger partial charge in [0.25, 0.3) is 0 Å². The molecule has 0 aliphatic rings. The van der Waals surface area contributed by atoms with Crippen LogP contribution in [0.3, 0.4) is 0 Å². The molecular weight excluding hydrogens is 308 g/mol. The van der Waals surface area contributed by atoms with Gasteiger partial charge < -0.3 is 9.84 Å². The van der Waals surface area contributed by atoms with E-state index in [1.807, 2.05) is 18.4 Å². The molecule has 0 aliphatic carbocycles. The Hall–Kier alpha value is -1.93. The minimum absolute atomic E-state index is 0.143. The Bertz CT molecular complexity index is 783. The molecule has 1 N–H and O–H groups in total. The number of aromatic nitrogens is 3. The van der Waals surface area contributed by atoms with Crippen LogP contribution in [0.2, 0.25) is 0 Å². The summed E-state index contributed by atoms with van der Waals surface area (Å²) in [6, 6.07) is 3.64. The van der Waals surface area contributed by atoms with Gasteiger partial charge in [-0.25, -0.2) is 9.97 Å². The van der Waals surface area contributed by atoms with Crippen LogP contribution < -0.4 is 5.32 Å². The van der Waals surface area contributed by atoms with E-state index in [4.69, 9.17) is 4.52 Å². The second-order valence-corrected chi connectivity index (χ2v) is 6.61. The molecule has 1 atom stereocenters. The van der Waals surface area contributed by atoms with E-state index in [0.29, 0.717) is 11.6 Å². The normalized spacial score (nSPS) is 12.5. The largest absolute Gasteiger partial charge is 0.360 e. The molecule has 21 heavy (non-hydrogen) atoms. The van der Waals surface area contributed by atoms with Crippen molar-refractivity contribution in [2.45, 2.75) is 24.1 Å². The number of carbonyl (C=O) groups excluding carboxylic acids is 1. The first kappa shape index (κ1) is 14.0. The Morgan fingerprint density at radius 2 is 2.33 bits per heavy atom. The van der Waals surface area contributed by atoms with Gasteiger partial charge in [0.2, 0.25) is 5.91 Å². The first-order valence-electron chi connectivity index (χ1n) is 6.22. The number of nitrogens with one attached hydrogen (secondary N) is 1. The summed E-state index contributed by atoms with van der Waals surface area (Å²) in [6.45, 7) is 3.60. The molecule has 3 aromatic rings. The first-order valence-corrected chi connectivity index (χ1v) is 7.98. The van der Waals surface area contributed by atoms with Crippen molar-refractivity contribution < 1.29 is 9.32 Å². The molecule has 0 radical (unpaired) electrons. The number of anilines is 1. The maximum atomic E-state index is 12.1. The van der Waals surface area contributed by atoms with Crippen LogP contribution in [-0.2, 0) is 4.79 Å². The molecule has 0 fully saturated rings. The van der Waals surface area contributed by atoms with E-state index in [1.54, 1.807) is 24.3 Å². The summed E-state index contributed by atoms with van der Waals surface area (Å²) in [6.07, 6.45) is 1.52. The van der Waals surface area contributed by atoms with Crippen LogP contribution in [-0.4, -0.2) is 26.3 Å². The van der Waals surface area contributed by atoms with Gasteiger partial charge in [-0.3, -0.25) is 4.79 Å². The molecule has 6 nitrogen and oxygen atoms in total. The number of amides is 1. The Balaban J connectivity index is 1.72. The zero-order valence-electron chi connectivity index (χ0n) is 11.4. The second kappa shape index (κ2) is 5.82. The highest BCUT2D eigenvalue weighted by molar-refractivity contribution is 8.00. The molecule has 0 bridgehead atoms. The van der Waals surface area contributed by atoms with Crippen LogP contribution in [0.15, 0.2) is 33.4 Å². The van der Waals surface area contributed by atoms with Crippen LogP contribution >= 0.6 is 23.1 Å². The third kappa shape index (κ3) is 3.06. The van der Waals surface area contributed by atoms with Crippen LogP contribution in [0, 0.1) is 6.92 Å². The third-order valence-corrected chi connectivity index (χ3v) is 4.70. The van der Waals surface area contributed by atoms with Crippen molar-refractivity contribution in [3.05, 3.63) is 29.6 Å². The third-order valence-electron chi connectivity index (χ3n) is 2.76. The maximum Gasteiger partial charge on any atom is 0.238 e. The van der Waals surface area contributed by atoms with Gasteiger partial charge in [-0.15, -0.1) is 11.3 Å². The lowest BCUT2D eigenvalue weighted by Crippen LogP contribution is -2.22. The van der Waals surface area contributed by atoms with Gasteiger partial charge in [-0.05, 0) is 25.3 Å². The number of rotatable bonds is 4. The van der Waals surface area contributed by atoms with E-state index >= 15 is 0 Å². The average Bonchev–Trinajstić information content (AvgIpc) is 3.08. The van der Waals surface area contributed by atoms with E-state index in [-0.39, 0.29) is 11.2 Å². The Labute approximate surface area is 129 Å². The number of nitrogens with zero attached hydrogens (tertiary/aromatic N) is 3. The van der Waals surface area contributed by atoms with Crippen molar-refractivity contribution in [3.63, 3.8) is 0 Å². The number of carbonyl (C=O) groups is 1. The monoisotopic (exact) mass is 320 g/mol. The van der Waals surface area contributed by atoms with Crippen molar-refractivity contribution in [1.29, 1.82) is 0 Å². The second-order valence-electron chi connectivity index (χ2n) is 4.39. The minimum atomic E-state index is -0.306. The van der Waals surface area contributed by atoms with Crippen molar-refractivity contribution in [2.75, 3.05) is 5.32 Å². The molecule has 108 valence electrons. The standard InChI is InChI=1S/C13H12N4O2S2/c1-7-5-10(17-19-7)16-11(18)8(2)21-13-9-3-4-20-12(9)14-6-15-13/h3-6,8H,1-2H3,(H,16,17,18)/t8-/m1/s1. The Morgan fingerprint density at radius 1 is 1.48 bits per heavy atom. The van der Waals surface area contributed by atoms with Gasteiger partial charge in [0, 0.05) is 11.5 Å². The molecule has 8 heteroatoms. The highest BCUT2D eigenvalue weighted by atomic mass is 32.2. The SMILES string of the molecule is Cc1cc(NC(=O)[C@@H](C)Sc2ncnc3sccc23)no1. The molecule has 3 heterocycles. The summed E-state index contributed by atoms with van der Waals surface area (Å²) in [5, 5.41) is 9.91. The highest BCUT2D eigenvalue weighted by Crippen LogP contribution is 2.30. The summed E-state index contributed by atoms with van der Waals surface area (Å²) in [5.41, 5.74) is 0. The molecule has 3 rings (SSSR count). The maximum absolute atomic E-state index is 12.1. The fourth-order valence-electron chi connectivity index (χ4n) is 1.74. The molecule has 0 aromatic carbocycles. The van der Waals surface area contributed by atoms with Crippen molar-refractivity contribution >= 4 is 45.0 Å². The van der Waals surface area contributed by atoms with Gasteiger partial charge in [-0.1, -0.05) is 16.9 Å². The zero-order chi connectivity index (χ0) is 14.8. The number of thiophene rings is 1. The molecule has 0 unspecified atom stereocenters. The lowest BCUT2D eigenvalue weighted by molar-refractivity contribution is -0.115. The first-order chi connectivity index (χ1) is 10.1. The molecule has 0 aliphatic heterocycles. The van der Waals surface area contributed by atoms with Gasteiger partial charge in [0.15, 0.2) is 5.82 Å². The summed E-state index contributed by atoms with van der Waals surface area (Å²) >= 11 is 2.95. The van der Waals surface area contributed by atoms with Crippen molar-refractivity contribution in [1.82, 2.24) is 15.1 Å². The minimum Gasteiger partial charge on any atom is -0.360 e. The van der Waals surface area contributed by atoms with E-state index in [9.17, 15) is 4.79 Å². The number of thioether (sulfide) groups is 1. The van der Waals surface area contributed by atoms with Crippen LogP contribution in [0.1, 0.15) is 12.7 Å². The molecule has 0 spiro atoms. The number of aryl methyl sites for hydroxylation is 1. The lowest BCUT2D eigenvalue weighted by Gasteiger charge is -2.10. The topological polar surface area (TPSA) is 80.9 Å². The predicted molar refractivity (Wildman–Crippen MR) is 82.6 cm³/mol. The Kier molecular flexibility index (Phi) is 3.89. The fraction of sp³-hybridized carbons (Fsp3) is 0.231. The summed E-state index contributed by atoms with van der Waals surface area (Å²) < 4.78 is 4.92. The molecule has 1 amide bonds. The summed E-state index contributed by atoms with van der Waals surface area (Å²) in [4.78, 5) is 21.5. The van der Waals surface area contributed by atoms with Crippen LogP contribution in [0.5, 0.6) is 0 Å². The van der Waals surface area contributed by atoms with Gasteiger partial charge in [0.05, 0.1) is 5.25 Å². The van der Waals surface area contributed by atoms with Crippen LogP contribution in [0.25, 0.3) is 10.2 Å². The van der Waals surface area contributed by atoms with E-state index in [0.717, 1.165) is 15.2 Å². The average molecular weight is 320 g/mol. The molecule has 0 saturated carbocycles. The van der Waals surface area contributed by atoms with Crippen molar-refractivity contribution in [3.8, 4) is 0 Å². The quantitative estimate of drug-likeness (QED) is 0.587. The smallest absolute Gasteiger partial charge is 0.238 e. The fourth-order valence-corrected chi connectivity index (χ4v) is 3.43. The summed E-state index contributed by atoms with van der Waals surface area (Å²) in [5.74, 6) is 0.935. The molecule has 3 aromatic heterocycles. The number of fused-ring (bicyclic) bond motifs is 1. The van der Waals surface area contributed by atoms with E-state index in [2.05, 4.69) is 20.4 Å². The summed E-state index contributed by atoms with van der Waals surface area (Å²) in [7, 11) is 0. The Morgan fingerprint density at radius 3 is 3.10 bits per heavy atom. The van der Waals surface area contributed by atoms with Gasteiger partial charge in [-0.2, -0.15) is 0 Å². The van der Waals surface area contributed by atoms with Crippen LogP contribution in [0.4, 0.5) is 5.82 Å². The highest BCUT2D eigenvalue weighted by Gasteiger charge is 2.18. The van der Waals surface area contributed by atoms with Gasteiger partial charge in [0.1, 0.15) is 21.9 Å². The molecule has 0 saturated heterocycles.